The van der Waals surface area contributed by atoms with Crippen LogP contribution in [0.5, 0.6) is 0 Å². The maximum Gasteiger partial charge on any atom is 0.126 e. The molecule has 0 saturated heterocycles. The fourth-order valence-corrected chi connectivity index (χ4v) is 1.73. The molecule has 2 rings (SSSR count). The third-order valence-electron chi connectivity index (χ3n) is 2.41. The lowest BCUT2D eigenvalue weighted by molar-refractivity contribution is -0.113. The summed E-state index contributed by atoms with van der Waals surface area (Å²) in [5, 5.41) is 9.61. The van der Waals surface area contributed by atoms with Gasteiger partial charge in [-0.15, -0.1) is 0 Å². The Morgan fingerprint density at radius 2 is 2.17 bits per heavy atom. The highest BCUT2D eigenvalue weighted by Gasteiger charge is 2.29. The van der Waals surface area contributed by atoms with Crippen molar-refractivity contribution in [2.45, 2.75) is 12.5 Å². The molecule has 1 aromatic carbocycles. The van der Waals surface area contributed by atoms with Crippen LogP contribution in [-0.4, -0.2) is 11.4 Å². The summed E-state index contributed by atoms with van der Waals surface area (Å²) in [5.41, 5.74) is 2.01. The van der Waals surface area contributed by atoms with Crippen molar-refractivity contribution in [3.8, 4) is 0 Å². The van der Waals surface area contributed by atoms with Crippen LogP contribution in [0.4, 0.5) is 0 Å². The number of aldehydes is 1. The number of hydrogen-bond donors (Lipinski definition) is 1. The maximum absolute atomic E-state index is 10.5. The highest BCUT2D eigenvalue weighted by Crippen LogP contribution is 2.34. The van der Waals surface area contributed by atoms with E-state index in [2.05, 4.69) is 0 Å². The molecule has 0 amide bonds. The van der Waals surface area contributed by atoms with Crippen molar-refractivity contribution in [2.75, 3.05) is 0 Å². The van der Waals surface area contributed by atoms with Gasteiger partial charge < -0.3 is 9.90 Å². The molecule has 0 saturated carbocycles. The lowest BCUT2D eigenvalue weighted by atomic mass is 10.1. The minimum absolute atomic E-state index is 0.234. The molecule has 0 aliphatic heterocycles. The molecule has 62 valence electrons. The number of rotatable bonds is 1. The van der Waals surface area contributed by atoms with Crippen LogP contribution in [0.25, 0.3) is 0 Å². The van der Waals surface area contributed by atoms with E-state index in [9.17, 15) is 9.90 Å². The minimum atomic E-state index is -0.585. The normalized spacial score (nSPS) is 26.8. The molecular weight excluding hydrogens is 152 g/mol. The summed E-state index contributed by atoms with van der Waals surface area (Å²) in [6.07, 6.45) is 0.935. The number of aliphatic hydroxyl groups excluding tert-OH is 1. The molecule has 2 heteroatoms. The highest BCUT2D eigenvalue weighted by atomic mass is 16.3. The maximum atomic E-state index is 10.5. The second kappa shape index (κ2) is 2.72. The summed E-state index contributed by atoms with van der Waals surface area (Å²) in [4.78, 5) is 10.5. The monoisotopic (exact) mass is 162 g/mol. The SMILES string of the molecule is O=CC1Cc2ccccc2C1O. The molecule has 1 aliphatic carbocycles. The van der Waals surface area contributed by atoms with Crippen molar-refractivity contribution in [3.63, 3.8) is 0 Å². The average Bonchev–Trinajstić information content (AvgIpc) is 2.44. The third-order valence-corrected chi connectivity index (χ3v) is 2.41. The van der Waals surface area contributed by atoms with E-state index in [1.165, 1.54) is 0 Å². The summed E-state index contributed by atoms with van der Waals surface area (Å²) >= 11 is 0. The van der Waals surface area contributed by atoms with Crippen LogP contribution in [0.15, 0.2) is 24.3 Å². The smallest absolute Gasteiger partial charge is 0.126 e. The van der Waals surface area contributed by atoms with Crippen molar-refractivity contribution < 1.29 is 9.90 Å². The van der Waals surface area contributed by atoms with Crippen LogP contribution >= 0.6 is 0 Å². The summed E-state index contributed by atoms with van der Waals surface area (Å²) < 4.78 is 0. The second-order valence-corrected chi connectivity index (χ2v) is 3.15. The van der Waals surface area contributed by atoms with Crippen LogP contribution in [0.1, 0.15) is 17.2 Å². The van der Waals surface area contributed by atoms with Crippen LogP contribution < -0.4 is 0 Å². The number of hydrogen-bond acceptors (Lipinski definition) is 2. The van der Waals surface area contributed by atoms with E-state index in [1.54, 1.807) is 0 Å². The van der Waals surface area contributed by atoms with Gasteiger partial charge in [-0.2, -0.15) is 0 Å². The first-order valence-electron chi connectivity index (χ1n) is 4.04. The molecular formula is C10H10O2. The molecule has 0 bridgehead atoms. The molecule has 0 spiro atoms. The van der Waals surface area contributed by atoms with Gasteiger partial charge in [-0.25, -0.2) is 0 Å². The van der Waals surface area contributed by atoms with E-state index in [0.717, 1.165) is 17.4 Å². The Morgan fingerprint density at radius 1 is 1.42 bits per heavy atom. The van der Waals surface area contributed by atoms with Crippen LogP contribution in [0, 0.1) is 5.92 Å². The van der Waals surface area contributed by atoms with Crippen molar-refractivity contribution in [3.05, 3.63) is 35.4 Å². The summed E-state index contributed by atoms with van der Waals surface area (Å²) in [5.74, 6) is -0.234. The first-order valence-corrected chi connectivity index (χ1v) is 4.04. The lowest BCUT2D eigenvalue weighted by Crippen LogP contribution is -2.07. The Morgan fingerprint density at radius 3 is 2.83 bits per heavy atom. The molecule has 1 aromatic rings. The summed E-state index contributed by atoms with van der Waals surface area (Å²) in [7, 11) is 0. The van der Waals surface area contributed by atoms with E-state index >= 15 is 0 Å². The molecule has 0 heterocycles. The van der Waals surface area contributed by atoms with Gasteiger partial charge in [-0.1, -0.05) is 24.3 Å². The zero-order valence-electron chi connectivity index (χ0n) is 6.60. The van der Waals surface area contributed by atoms with Gasteiger partial charge in [-0.05, 0) is 17.5 Å². The Bertz CT molecular complexity index is 306. The van der Waals surface area contributed by atoms with Crippen LogP contribution in [0.2, 0.25) is 0 Å². The average molecular weight is 162 g/mol. The van der Waals surface area contributed by atoms with Crippen LogP contribution in [0.3, 0.4) is 0 Å². The first kappa shape index (κ1) is 7.50. The van der Waals surface area contributed by atoms with E-state index in [1.807, 2.05) is 24.3 Å². The number of benzene rings is 1. The Balaban J connectivity index is 2.41. The van der Waals surface area contributed by atoms with Crippen molar-refractivity contribution in [1.82, 2.24) is 0 Å². The van der Waals surface area contributed by atoms with E-state index in [-0.39, 0.29) is 5.92 Å². The summed E-state index contributed by atoms with van der Waals surface area (Å²) in [6, 6.07) is 7.65. The molecule has 1 N–H and O–H groups in total. The molecule has 2 atom stereocenters. The molecule has 1 aliphatic rings. The van der Waals surface area contributed by atoms with E-state index in [4.69, 9.17) is 0 Å². The van der Waals surface area contributed by atoms with Crippen molar-refractivity contribution in [1.29, 1.82) is 0 Å². The Labute approximate surface area is 70.8 Å². The van der Waals surface area contributed by atoms with Gasteiger partial charge in [0, 0.05) is 5.92 Å². The van der Waals surface area contributed by atoms with Gasteiger partial charge in [0.2, 0.25) is 0 Å². The quantitative estimate of drug-likeness (QED) is 0.627. The van der Waals surface area contributed by atoms with Gasteiger partial charge in [-0.3, -0.25) is 0 Å². The molecule has 0 fully saturated rings. The number of fused-ring (bicyclic) bond motifs is 1. The van der Waals surface area contributed by atoms with Gasteiger partial charge in [0.1, 0.15) is 6.29 Å². The second-order valence-electron chi connectivity index (χ2n) is 3.15. The van der Waals surface area contributed by atoms with Gasteiger partial charge in [0.05, 0.1) is 6.10 Å². The molecule has 0 aromatic heterocycles. The molecule has 0 radical (unpaired) electrons. The fraction of sp³-hybridized carbons (Fsp3) is 0.300. The molecule has 12 heavy (non-hydrogen) atoms. The van der Waals surface area contributed by atoms with Gasteiger partial charge >= 0.3 is 0 Å². The molecule has 2 nitrogen and oxygen atoms in total. The minimum Gasteiger partial charge on any atom is -0.388 e. The van der Waals surface area contributed by atoms with Gasteiger partial charge in [0.25, 0.3) is 0 Å². The van der Waals surface area contributed by atoms with Crippen LogP contribution in [-0.2, 0) is 11.2 Å². The standard InChI is InChI=1S/C10H10O2/c11-6-8-5-7-3-1-2-4-9(7)10(8)12/h1-4,6,8,10,12H,5H2. The number of aliphatic hydroxyl groups is 1. The highest BCUT2D eigenvalue weighted by molar-refractivity contribution is 5.59. The first-order chi connectivity index (χ1) is 5.83. The number of carbonyl (C=O) groups is 1. The zero-order valence-corrected chi connectivity index (χ0v) is 6.60. The van der Waals surface area contributed by atoms with Gasteiger partial charge in [0.15, 0.2) is 0 Å². The predicted molar refractivity (Wildman–Crippen MR) is 44.7 cm³/mol. The fourth-order valence-electron chi connectivity index (χ4n) is 1.73. The van der Waals surface area contributed by atoms with Crippen molar-refractivity contribution >= 4 is 6.29 Å². The number of carbonyl (C=O) groups excluding carboxylic acids is 1. The Kier molecular flexibility index (Phi) is 1.70. The van der Waals surface area contributed by atoms with E-state index in [0.29, 0.717) is 6.42 Å². The topological polar surface area (TPSA) is 37.3 Å². The largest absolute Gasteiger partial charge is 0.388 e. The zero-order chi connectivity index (χ0) is 8.55. The summed E-state index contributed by atoms with van der Waals surface area (Å²) in [6.45, 7) is 0. The Hall–Kier alpha value is -1.15. The van der Waals surface area contributed by atoms with E-state index < -0.39 is 6.10 Å². The lowest BCUT2D eigenvalue weighted by Gasteiger charge is -2.06. The van der Waals surface area contributed by atoms with Crippen molar-refractivity contribution in [2.24, 2.45) is 5.92 Å². The predicted octanol–water partition coefficient (Wildman–Crippen LogP) is 1.09. The third kappa shape index (κ3) is 0.959. The molecule has 2 unspecified atom stereocenters.